The maximum atomic E-state index is 6.26. The lowest BCUT2D eigenvalue weighted by atomic mass is 10.1. The fourth-order valence-electron chi connectivity index (χ4n) is 2.06. The van der Waals surface area contributed by atoms with E-state index >= 15 is 0 Å². The second-order valence-electron chi connectivity index (χ2n) is 4.46. The Morgan fingerprint density at radius 3 is 1.48 bits per heavy atom. The molecule has 112 valence electrons. The Hall–Kier alpha value is -0.0600. The van der Waals surface area contributed by atoms with E-state index in [9.17, 15) is 0 Å². The van der Waals surface area contributed by atoms with Gasteiger partial charge in [0, 0.05) is 31.8 Å². The molecule has 0 aliphatic carbocycles. The molecule has 0 aliphatic rings. The van der Waals surface area contributed by atoms with E-state index in [0.29, 0.717) is 20.7 Å². The normalized spacial score (nSPS) is 13.9. The zero-order chi connectivity index (χ0) is 15.2. The Balaban J connectivity index is 2.24. The molecule has 1 nitrogen and oxygen atoms in total. The van der Waals surface area contributed by atoms with Crippen molar-refractivity contribution in [2.45, 2.75) is 12.2 Å². The molecule has 2 atom stereocenters. The third-order valence-electron chi connectivity index (χ3n) is 3.11. The maximum absolute atomic E-state index is 6.26. The van der Waals surface area contributed by atoms with E-state index in [-0.39, 0.29) is 12.2 Å². The monoisotopic (exact) mass is 450 g/mol. The van der Waals surface area contributed by atoms with Gasteiger partial charge in [-0.25, -0.2) is 0 Å². The molecule has 0 amide bonds. The molecule has 0 fully saturated rings. The topological polar surface area (TPSA) is 9.23 Å². The van der Waals surface area contributed by atoms with Crippen molar-refractivity contribution in [3.63, 3.8) is 0 Å². The summed E-state index contributed by atoms with van der Waals surface area (Å²) >= 11 is 19.5. The number of rotatable bonds is 6. The lowest BCUT2D eigenvalue weighted by molar-refractivity contribution is 0.0129. The summed E-state index contributed by atoms with van der Waals surface area (Å²) in [6.45, 7) is 0. The number of alkyl halides is 2. The van der Waals surface area contributed by atoms with Gasteiger partial charge in [-0.2, -0.15) is 0 Å². The highest BCUT2D eigenvalue weighted by atomic mass is 79.9. The highest BCUT2D eigenvalue weighted by molar-refractivity contribution is 9.09. The molecule has 0 heterocycles. The van der Waals surface area contributed by atoms with Gasteiger partial charge in [0.15, 0.2) is 0 Å². The van der Waals surface area contributed by atoms with Crippen LogP contribution in [0.2, 0.25) is 10.0 Å². The van der Waals surface area contributed by atoms with Crippen molar-refractivity contribution in [1.29, 1.82) is 0 Å². The molecule has 0 aromatic heterocycles. The van der Waals surface area contributed by atoms with Crippen LogP contribution in [0.3, 0.4) is 0 Å². The van der Waals surface area contributed by atoms with Crippen LogP contribution in [0.4, 0.5) is 0 Å². The lowest BCUT2D eigenvalue weighted by Gasteiger charge is -2.24. The standard InChI is InChI=1S/C16H14Br2Cl2O/c17-9-15(11-5-1-3-7-13(11)19)21-16(10-18)12-6-2-4-8-14(12)20/h1-8,15-16H,9-10H2. The van der Waals surface area contributed by atoms with E-state index < -0.39 is 0 Å². The van der Waals surface area contributed by atoms with Crippen LogP contribution < -0.4 is 0 Å². The summed E-state index contributed by atoms with van der Waals surface area (Å²) in [4.78, 5) is 0. The molecule has 2 unspecified atom stereocenters. The first-order valence-electron chi connectivity index (χ1n) is 6.43. The second kappa shape index (κ2) is 8.54. The molecule has 0 aliphatic heterocycles. The van der Waals surface area contributed by atoms with Crippen LogP contribution in [0.15, 0.2) is 48.5 Å². The summed E-state index contributed by atoms with van der Waals surface area (Å²) in [5.41, 5.74) is 1.93. The highest BCUT2D eigenvalue weighted by Gasteiger charge is 2.21. The Bertz CT molecular complexity index is 540. The third kappa shape index (κ3) is 4.46. The van der Waals surface area contributed by atoms with Crippen molar-refractivity contribution in [2.24, 2.45) is 0 Å². The van der Waals surface area contributed by atoms with Crippen LogP contribution in [0.1, 0.15) is 23.3 Å². The molecule has 0 N–H and O–H groups in total. The Labute approximate surface area is 151 Å². The van der Waals surface area contributed by atoms with Gasteiger partial charge in [-0.15, -0.1) is 0 Å². The largest absolute Gasteiger partial charge is 0.364 e. The third-order valence-corrected chi connectivity index (χ3v) is 4.98. The first-order chi connectivity index (χ1) is 10.2. The molecular formula is C16H14Br2Cl2O. The van der Waals surface area contributed by atoms with Crippen LogP contribution in [0.5, 0.6) is 0 Å². The SMILES string of the molecule is Clc1ccccc1C(CBr)OC(CBr)c1ccccc1Cl. The number of benzene rings is 2. The van der Waals surface area contributed by atoms with E-state index in [0.717, 1.165) is 11.1 Å². The predicted octanol–water partition coefficient (Wildman–Crippen LogP) is 6.58. The summed E-state index contributed by atoms with van der Waals surface area (Å²) in [6.07, 6.45) is -0.282. The highest BCUT2D eigenvalue weighted by Crippen LogP contribution is 2.35. The van der Waals surface area contributed by atoms with Gasteiger partial charge in [-0.1, -0.05) is 91.5 Å². The first-order valence-corrected chi connectivity index (χ1v) is 9.43. The van der Waals surface area contributed by atoms with E-state index in [1.165, 1.54) is 0 Å². The fraction of sp³-hybridized carbons (Fsp3) is 0.250. The summed E-state index contributed by atoms with van der Waals surface area (Å²) in [5.74, 6) is 0. The zero-order valence-corrected chi connectivity index (χ0v) is 15.8. The number of hydrogen-bond acceptors (Lipinski definition) is 1. The van der Waals surface area contributed by atoms with E-state index in [1.807, 2.05) is 48.5 Å². The molecule has 2 rings (SSSR count). The van der Waals surface area contributed by atoms with Crippen LogP contribution in [0, 0.1) is 0 Å². The molecule has 2 aromatic rings. The van der Waals surface area contributed by atoms with Crippen molar-refractivity contribution in [2.75, 3.05) is 10.7 Å². The van der Waals surface area contributed by atoms with Crippen LogP contribution in [0.25, 0.3) is 0 Å². The summed E-state index contributed by atoms with van der Waals surface area (Å²) < 4.78 is 6.22. The van der Waals surface area contributed by atoms with Crippen molar-refractivity contribution in [3.05, 3.63) is 69.7 Å². The fourth-order valence-corrected chi connectivity index (χ4v) is 3.57. The van der Waals surface area contributed by atoms with Gasteiger partial charge < -0.3 is 4.74 Å². The number of ether oxygens (including phenoxy) is 1. The molecule has 0 bridgehead atoms. The Kier molecular flexibility index (Phi) is 7.03. The minimum Gasteiger partial charge on any atom is -0.364 e. The summed E-state index contributed by atoms with van der Waals surface area (Å²) in [5, 5.41) is 2.72. The second-order valence-corrected chi connectivity index (χ2v) is 6.57. The molecule has 5 heteroatoms. The number of halogens is 4. The van der Waals surface area contributed by atoms with Gasteiger partial charge in [0.25, 0.3) is 0 Å². The van der Waals surface area contributed by atoms with Gasteiger partial charge in [0.2, 0.25) is 0 Å². The van der Waals surface area contributed by atoms with Gasteiger partial charge in [-0.05, 0) is 12.1 Å². The van der Waals surface area contributed by atoms with E-state index in [4.69, 9.17) is 27.9 Å². The number of hydrogen-bond donors (Lipinski definition) is 0. The maximum Gasteiger partial charge on any atom is 0.0944 e. The van der Waals surface area contributed by atoms with Gasteiger partial charge in [-0.3, -0.25) is 0 Å². The van der Waals surface area contributed by atoms with Gasteiger partial charge in [0.1, 0.15) is 0 Å². The van der Waals surface area contributed by atoms with E-state index in [2.05, 4.69) is 31.9 Å². The predicted molar refractivity (Wildman–Crippen MR) is 97.1 cm³/mol. The quantitative estimate of drug-likeness (QED) is 0.449. The molecule has 21 heavy (non-hydrogen) atoms. The molecule has 2 aromatic carbocycles. The Morgan fingerprint density at radius 2 is 1.14 bits per heavy atom. The van der Waals surface area contributed by atoms with Crippen molar-refractivity contribution >= 4 is 55.1 Å². The Morgan fingerprint density at radius 1 is 0.762 bits per heavy atom. The molecular weight excluding hydrogens is 439 g/mol. The molecule has 0 spiro atoms. The van der Waals surface area contributed by atoms with E-state index in [1.54, 1.807) is 0 Å². The molecule has 0 saturated heterocycles. The van der Waals surface area contributed by atoms with Crippen LogP contribution >= 0.6 is 55.1 Å². The summed E-state index contributed by atoms with van der Waals surface area (Å²) in [6, 6.07) is 15.4. The van der Waals surface area contributed by atoms with Crippen molar-refractivity contribution in [3.8, 4) is 0 Å². The minimum atomic E-state index is -0.141. The summed E-state index contributed by atoms with van der Waals surface area (Å²) in [7, 11) is 0. The smallest absolute Gasteiger partial charge is 0.0944 e. The first kappa shape index (κ1) is 17.3. The molecule has 0 saturated carbocycles. The minimum absolute atomic E-state index is 0.141. The zero-order valence-electron chi connectivity index (χ0n) is 11.1. The van der Waals surface area contributed by atoms with Gasteiger partial charge in [0.05, 0.1) is 12.2 Å². The van der Waals surface area contributed by atoms with Crippen molar-refractivity contribution < 1.29 is 4.74 Å². The lowest BCUT2D eigenvalue weighted by Crippen LogP contribution is -2.13. The van der Waals surface area contributed by atoms with Crippen LogP contribution in [-0.4, -0.2) is 10.7 Å². The van der Waals surface area contributed by atoms with Gasteiger partial charge >= 0.3 is 0 Å². The van der Waals surface area contributed by atoms with Crippen molar-refractivity contribution in [1.82, 2.24) is 0 Å². The molecule has 0 radical (unpaired) electrons. The van der Waals surface area contributed by atoms with Crippen LogP contribution in [-0.2, 0) is 4.74 Å². The average Bonchev–Trinajstić information content (AvgIpc) is 2.51. The average molecular weight is 453 g/mol.